The van der Waals surface area contributed by atoms with Crippen molar-refractivity contribution in [1.82, 2.24) is 4.90 Å². The highest BCUT2D eigenvalue weighted by molar-refractivity contribution is 5.33. The fraction of sp³-hybridized carbons (Fsp3) is 0.478. The Labute approximate surface area is 152 Å². The summed E-state index contributed by atoms with van der Waals surface area (Å²) in [4.78, 5) is 2.65. The van der Waals surface area contributed by atoms with E-state index in [4.69, 9.17) is 0 Å². The van der Waals surface area contributed by atoms with Crippen LogP contribution in [0.5, 0.6) is 5.75 Å². The summed E-state index contributed by atoms with van der Waals surface area (Å²) in [6.45, 7) is 8.15. The first-order valence-electron chi connectivity index (χ1n) is 9.70. The number of aromatic hydroxyl groups is 1. The van der Waals surface area contributed by atoms with Gasteiger partial charge in [0.2, 0.25) is 0 Å². The molecule has 2 atom stereocenters. The minimum absolute atomic E-state index is 0.206. The number of phenolic OH excluding ortho intramolecular Hbond substituents is 1. The van der Waals surface area contributed by atoms with Crippen molar-refractivity contribution in [2.24, 2.45) is 5.92 Å². The molecule has 1 fully saturated rings. The van der Waals surface area contributed by atoms with Crippen LogP contribution in [-0.4, -0.2) is 29.6 Å². The van der Waals surface area contributed by atoms with Crippen LogP contribution in [0.4, 0.5) is 0 Å². The van der Waals surface area contributed by atoms with E-state index in [-0.39, 0.29) is 5.41 Å². The lowest BCUT2D eigenvalue weighted by Gasteiger charge is -2.48. The van der Waals surface area contributed by atoms with Crippen molar-refractivity contribution in [2.75, 3.05) is 19.6 Å². The molecule has 2 aromatic rings. The fourth-order valence-corrected chi connectivity index (χ4v) is 4.49. The van der Waals surface area contributed by atoms with E-state index in [0.717, 1.165) is 19.5 Å². The summed E-state index contributed by atoms with van der Waals surface area (Å²) in [5.41, 5.74) is 3.02. The second-order valence-electron chi connectivity index (χ2n) is 7.65. The molecule has 2 nitrogen and oxygen atoms in total. The summed E-state index contributed by atoms with van der Waals surface area (Å²) in [6, 6.07) is 18.8. The molecule has 25 heavy (non-hydrogen) atoms. The summed E-state index contributed by atoms with van der Waals surface area (Å²) in [5, 5.41) is 9.69. The maximum atomic E-state index is 9.69. The molecule has 1 aliphatic heterocycles. The van der Waals surface area contributed by atoms with E-state index < -0.39 is 0 Å². The average Bonchev–Trinajstić information content (AvgIpc) is 2.64. The number of hydrogen-bond donors (Lipinski definition) is 1. The van der Waals surface area contributed by atoms with Gasteiger partial charge in [0.15, 0.2) is 0 Å². The first-order chi connectivity index (χ1) is 12.1. The van der Waals surface area contributed by atoms with Crippen molar-refractivity contribution in [1.29, 1.82) is 0 Å². The predicted octanol–water partition coefficient (Wildman–Crippen LogP) is 5.01. The van der Waals surface area contributed by atoms with Crippen LogP contribution in [0.2, 0.25) is 0 Å². The molecule has 1 aliphatic rings. The van der Waals surface area contributed by atoms with Gasteiger partial charge in [-0.25, -0.2) is 0 Å². The smallest absolute Gasteiger partial charge is 0.115 e. The van der Waals surface area contributed by atoms with Crippen molar-refractivity contribution >= 4 is 0 Å². The Balaban J connectivity index is 1.77. The third-order valence-electron chi connectivity index (χ3n) is 6.03. The molecule has 0 aliphatic carbocycles. The molecule has 0 bridgehead atoms. The molecule has 2 aromatic carbocycles. The van der Waals surface area contributed by atoms with Crippen LogP contribution in [-0.2, 0) is 11.8 Å². The first-order valence-corrected chi connectivity index (χ1v) is 9.70. The van der Waals surface area contributed by atoms with Crippen molar-refractivity contribution in [3.63, 3.8) is 0 Å². The van der Waals surface area contributed by atoms with Crippen molar-refractivity contribution < 1.29 is 5.11 Å². The molecule has 1 saturated heterocycles. The molecule has 0 amide bonds. The molecule has 2 heteroatoms. The maximum absolute atomic E-state index is 9.69. The number of likely N-dealkylation sites (tertiary alicyclic amines) is 1. The second kappa shape index (κ2) is 8.05. The van der Waals surface area contributed by atoms with Gasteiger partial charge in [-0.05, 0) is 55.0 Å². The third-order valence-corrected chi connectivity index (χ3v) is 6.03. The lowest BCUT2D eigenvalue weighted by Crippen LogP contribution is -2.51. The standard InChI is InChI=1S/C23H31NO/c1-3-15-23(21-9-11-22(25)12-10-21)18-24(16-13-19(23)2)17-14-20-7-5-4-6-8-20/h4-12,19,25H,3,13-18H2,1-2H3. The van der Waals surface area contributed by atoms with Crippen molar-refractivity contribution in [3.05, 3.63) is 65.7 Å². The second-order valence-corrected chi connectivity index (χ2v) is 7.65. The van der Waals surface area contributed by atoms with Gasteiger partial charge in [0, 0.05) is 18.5 Å². The van der Waals surface area contributed by atoms with Gasteiger partial charge < -0.3 is 10.0 Å². The van der Waals surface area contributed by atoms with Gasteiger partial charge in [-0.2, -0.15) is 0 Å². The number of phenols is 1. The number of nitrogens with zero attached hydrogens (tertiary/aromatic N) is 1. The number of hydrogen-bond acceptors (Lipinski definition) is 2. The van der Waals surface area contributed by atoms with Crippen LogP contribution in [0.3, 0.4) is 0 Å². The Kier molecular flexibility index (Phi) is 5.80. The molecule has 134 valence electrons. The van der Waals surface area contributed by atoms with Crippen LogP contribution in [0, 0.1) is 5.92 Å². The molecule has 1 heterocycles. The van der Waals surface area contributed by atoms with E-state index in [1.807, 2.05) is 12.1 Å². The van der Waals surface area contributed by atoms with Crippen LogP contribution >= 0.6 is 0 Å². The highest BCUT2D eigenvalue weighted by Gasteiger charge is 2.41. The quantitative estimate of drug-likeness (QED) is 0.800. The van der Waals surface area contributed by atoms with Gasteiger partial charge in [0.05, 0.1) is 0 Å². The highest BCUT2D eigenvalue weighted by Crippen LogP contribution is 2.42. The number of piperidine rings is 1. The Morgan fingerprint density at radius 2 is 1.80 bits per heavy atom. The summed E-state index contributed by atoms with van der Waals surface area (Å²) < 4.78 is 0. The Hall–Kier alpha value is -1.80. The molecule has 3 rings (SSSR count). The van der Waals surface area contributed by atoms with Gasteiger partial charge in [-0.1, -0.05) is 62.7 Å². The van der Waals surface area contributed by atoms with E-state index in [9.17, 15) is 5.11 Å². The zero-order chi connectivity index (χ0) is 17.7. The summed E-state index contributed by atoms with van der Waals surface area (Å²) >= 11 is 0. The SMILES string of the molecule is CCCC1(c2ccc(O)cc2)CN(CCc2ccccc2)CCC1C. The molecular weight excluding hydrogens is 306 g/mol. The number of rotatable bonds is 6. The number of benzene rings is 2. The van der Waals surface area contributed by atoms with Crippen LogP contribution < -0.4 is 0 Å². The lowest BCUT2D eigenvalue weighted by molar-refractivity contribution is 0.0890. The van der Waals surface area contributed by atoms with Gasteiger partial charge >= 0.3 is 0 Å². The van der Waals surface area contributed by atoms with Crippen LogP contribution in [0.25, 0.3) is 0 Å². The van der Waals surface area contributed by atoms with Gasteiger partial charge in [0.25, 0.3) is 0 Å². The maximum Gasteiger partial charge on any atom is 0.115 e. The third kappa shape index (κ3) is 4.07. The largest absolute Gasteiger partial charge is 0.508 e. The van der Waals surface area contributed by atoms with E-state index >= 15 is 0 Å². The minimum atomic E-state index is 0.206. The van der Waals surface area contributed by atoms with E-state index in [1.165, 1.54) is 36.9 Å². The summed E-state index contributed by atoms with van der Waals surface area (Å²) in [7, 11) is 0. The Bertz CT molecular complexity index is 652. The van der Waals surface area contributed by atoms with E-state index in [1.54, 1.807) is 0 Å². The summed E-state index contributed by atoms with van der Waals surface area (Å²) in [6.07, 6.45) is 4.77. The zero-order valence-electron chi connectivity index (χ0n) is 15.6. The molecule has 0 spiro atoms. The summed E-state index contributed by atoms with van der Waals surface area (Å²) in [5.74, 6) is 1.03. The fourth-order valence-electron chi connectivity index (χ4n) is 4.49. The molecule has 0 aromatic heterocycles. The highest BCUT2D eigenvalue weighted by atomic mass is 16.3. The van der Waals surface area contributed by atoms with Gasteiger partial charge in [-0.3, -0.25) is 0 Å². The minimum Gasteiger partial charge on any atom is -0.508 e. The topological polar surface area (TPSA) is 23.5 Å². The van der Waals surface area contributed by atoms with Crippen LogP contribution in [0.15, 0.2) is 54.6 Å². The normalized spacial score (nSPS) is 24.3. The Morgan fingerprint density at radius 3 is 2.48 bits per heavy atom. The first kappa shape index (κ1) is 18.0. The molecule has 0 radical (unpaired) electrons. The van der Waals surface area contributed by atoms with Crippen molar-refractivity contribution in [2.45, 2.75) is 44.9 Å². The predicted molar refractivity (Wildman–Crippen MR) is 105 cm³/mol. The van der Waals surface area contributed by atoms with Crippen LogP contribution in [0.1, 0.15) is 44.2 Å². The van der Waals surface area contributed by atoms with Gasteiger partial charge in [-0.15, -0.1) is 0 Å². The molecular formula is C23H31NO. The average molecular weight is 338 g/mol. The van der Waals surface area contributed by atoms with E-state index in [2.05, 4.69) is 61.2 Å². The van der Waals surface area contributed by atoms with Gasteiger partial charge in [0.1, 0.15) is 5.75 Å². The van der Waals surface area contributed by atoms with Crippen molar-refractivity contribution in [3.8, 4) is 5.75 Å². The Morgan fingerprint density at radius 1 is 1.08 bits per heavy atom. The molecule has 1 N–H and O–H groups in total. The monoisotopic (exact) mass is 337 g/mol. The zero-order valence-corrected chi connectivity index (χ0v) is 15.6. The van der Waals surface area contributed by atoms with E-state index in [0.29, 0.717) is 11.7 Å². The lowest BCUT2D eigenvalue weighted by atomic mass is 9.65. The molecule has 2 unspecified atom stereocenters. The molecule has 0 saturated carbocycles.